The third-order valence-corrected chi connectivity index (χ3v) is 7.82. The van der Waals surface area contributed by atoms with Crippen LogP contribution < -0.4 is 15.5 Å². The van der Waals surface area contributed by atoms with E-state index in [0.29, 0.717) is 22.5 Å². The van der Waals surface area contributed by atoms with E-state index in [-0.39, 0.29) is 11.1 Å². The Kier molecular flexibility index (Phi) is 7.29. The van der Waals surface area contributed by atoms with Gasteiger partial charge < -0.3 is 10.2 Å². The van der Waals surface area contributed by atoms with E-state index >= 15 is 0 Å². The van der Waals surface area contributed by atoms with Crippen molar-refractivity contribution in [1.82, 2.24) is 30.6 Å². The zero-order valence-electron chi connectivity index (χ0n) is 21.2. The van der Waals surface area contributed by atoms with Gasteiger partial charge in [0.15, 0.2) is 0 Å². The van der Waals surface area contributed by atoms with Gasteiger partial charge in [-0.1, -0.05) is 30.3 Å². The number of anilines is 1. The van der Waals surface area contributed by atoms with Crippen LogP contribution in [0.4, 0.5) is 10.7 Å². The maximum atomic E-state index is 11.8. The van der Waals surface area contributed by atoms with E-state index in [4.69, 9.17) is 4.98 Å². The van der Waals surface area contributed by atoms with Gasteiger partial charge in [-0.15, -0.1) is 0 Å². The number of hydrogen-bond donors (Lipinski definition) is 2. The van der Waals surface area contributed by atoms with E-state index in [2.05, 4.69) is 54.8 Å². The molecule has 0 aliphatic carbocycles. The Morgan fingerprint density at radius 1 is 1.03 bits per heavy atom. The topological polar surface area (TPSA) is 113 Å². The number of benzene rings is 1. The summed E-state index contributed by atoms with van der Waals surface area (Å²) >= 11 is 0.890. The average molecular weight is 538 g/mol. The molecule has 9 nitrogen and oxygen atoms in total. The average Bonchev–Trinajstić information content (AvgIpc) is 3.29. The smallest absolute Gasteiger partial charge is 0.290 e. The number of carbonyl (C=O) groups is 2. The van der Waals surface area contributed by atoms with Gasteiger partial charge in [-0.25, -0.2) is 9.97 Å². The summed E-state index contributed by atoms with van der Waals surface area (Å²) in [7, 11) is 0. The second-order valence-electron chi connectivity index (χ2n) is 9.65. The first-order valence-electron chi connectivity index (χ1n) is 12.9. The van der Waals surface area contributed by atoms with Crippen molar-refractivity contribution in [2.24, 2.45) is 5.92 Å². The number of nitrogens with zero attached hydrogens (tertiary/aromatic N) is 5. The molecule has 0 spiro atoms. The third kappa shape index (κ3) is 5.81. The van der Waals surface area contributed by atoms with Crippen LogP contribution in [0.25, 0.3) is 28.1 Å². The molecule has 4 aromatic rings. The fourth-order valence-electron chi connectivity index (χ4n) is 4.92. The van der Waals surface area contributed by atoms with Crippen LogP contribution in [0, 0.1) is 5.92 Å². The molecule has 0 unspecified atom stereocenters. The minimum atomic E-state index is -0.382. The highest BCUT2D eigenvalue weighted by molar-refractivity contribution is 8.18. The highest BCUT2D eigenvalue weighted by atomic mass is 32.2. The van der Waals surface area contributed by atoms with Crippen LogP contribution in [0.15, 0.2) is 72.2 Å². The van der Waals surface area contributed by atoms with Gasteiger partial charge in [0.05, 0.1) is 16.3 Å². The molecule has 196 valence electrons. The number of aromatic nitrogens is 4. The largest absolute Gasteiger partial charge is 0.341 e. The van der Waals surface area contributed by atoms with E-state index in [1.807, 2.05) is 30.7 Å². The van der Waals surface area contributed by atoms with Crippen LogP contribution in [0.5, 0.6) is 0 Å². The second-order valence-corrected chi connectivity index (χ2v) is 10.7. The van der Waals surface area contributed by atoms with Crippen LogP contribution in [-0.4, -0.2) is 50.7 Å². The number of imide groups is 1. The zero-order chi connectivity index (χ0) is 26.6. The van der Waals surface area contributed by atoms with Gasteiger partial charge in [0.1, 0.15) is 0 Å². The molecule has 2 aliphatic rings. The van der Waals surface area contributed by atoms with Crippen molar-refractivity contribution in [2.45, 2.75) is 19.4 Å². The highest BCUT2D eigenvalue weighted by Crippen LogP contribution is 2.27. The minimum Gasteiger partial charge on any atom is -0.341 e. The Hall–Kier alpha value is -4.15. The third-order valence-electron chi connectivity index (χ3n) is 7.01. The SMILES string of the molecule is O=C1NC(=O)C(=Cc2ccnc(N3CCC(CNCc4ccc(-c5cncc6ccccc56)nc4)CC3)n2)S1. The van der Waals surface area contributed by atoms with Crippen molar-refractivity contribution in [3.8, 4) is 11.3 Å². The van der Waals surface area contributed by atoms with Crippen molar-refractivity contribution >= 4 is 45.7 Å². The van der Waals surface area contributed by atoms with Gasteiger partial charge in [0, 0.05) is 55.4 Å². The Morgan fingerprint density at radius 2 is 1.90 bits per heavy atom. The summed E-state index contributed by atoms with van der Waals surface area (Å²) in [4.78, 5) is 43.9. The fourth-order valence-corrected chi connectivity index (χ4v) is 5.58. The number of amides is 2. The van der Waals surface area contributed by atoms with Crippen molar-refractivity contribution < 1.29 is 9.59 Å². The summed E-state index contributed by atoms with van der Waals surface area (Å²) < 4.78 is 0. The summed E-state index contributed by atoms with van der Waals surface area (Å²) in [6.45, 7) is 3.45. The van der Waals surface area contributed by atoms with Gasteiger partial charge in [-0.05, 0) is 66.2 Å². The molecule has 2 amide bonds. The Bertz CT molecular complexity index is 1540. The number of hydrogen-bond acceptors (Lipinski definition) is 9. The number of rotatable bonds is 7. The number of piperidine rings is 1. The van der Waals surface area contributed by atoms with Crippen LogP contribution in [-0.2, 0) is 11.3 Å². The molecule has 2 saturated heterocycles. The first-order chi connectivity index (χ1) is 19.1. The van der Waals surface area contributed by atoms with Crippen LogP contribution in [0.3, 0.4) is 0 Å². The lowest BCUT2D eigenvalue weighted by Gasteiger charge is -2.32. The molecule has 10 heteroatoms. The van der Waals surface area contributed by atoms with Gasteiger partial charge >= 0.3 is 0 Å². The maximum absolute atomic E-state index is 11.8. The lowest BCUT2D eigenvalue weighted by molar-refractivity contribution is -0.115. The van der Waals surface area contributed by atoms with Crippen molar-refractivity contribution in [1.29, 1.82) is 0 Å². The molecule has 0 bridgehead atoms. The molecule has 2 fully saturated rings. The van der Waals surface area contributed by atoms with Gasteiger partial charge in [-0.2, -0.15) is 0 Å². The van der Waals surface area contributed by atoms with Crippen LogP contribution >= 0.6 is 11.8 Å². The lowest BCUT2D eigenvalue weighted by Crippen LogP contribution is -2.38. The molecule has 6 rings (SSSR count). The molecule has 39 heavy (non-hydrogen) atoms. The number of nitrogens with one attached hydrogen (secondary N) is 2. The van der Waals surface area contributed by atoms with Crippen molar-refractivity contribution in [3.63, 3.8) is 0 Å². The molecular formula is C29H27N7O2S. The summed E-state index contributed by atoms with van der Waals surface area (Å²) in [5.74, 6) is 0.843. The van der Waals surface area contributed by atoms with E-state index in [1.54, 1.807) is 18.3 Å². The standard InChI is InChI=1S/C29H27N7O2S/c37-27-26(39-29(38)35-27)13-22-7-10-32-28(34-22)36-11-8-19(9-12-36)14-30-15-20-5-6-25(33-16-20)24-18-31-17-21-3-1-2-4-23(21)24/h1-7,10,13,16-19,30H,8-9,11-12,14-15H2,(H,35,37,38). The Labute approximate surface area is 230 Å². The summed E-state index contributed by atoms with van der Waals surface area (Å²) in [6.07, 6.45) is 11.1. The van der Waals surface area contributed by atoms with E-state index < -0.39 is 0 Å². The van der Waals surface area contributed by atoms with E-state index in [0.717, 1.165) is 78.4 Å². The number of carbonyl (C=O) groups excluding carboxylic acids is 2. The zero-order valence-corrected chi connectivity index (χ0v) is 22.0. The van der Waals surface area contributed by atoms with Crippen LogP contribution in [0.1, 0.15) is 24.1 Å². The summed E-state index contributed by atoms with van der Waals surface area (Å²) in [6, 6.07) is 14.2. The fraction of sp³-hybridized carbons (Fsp3) is 0.241. The van der Waals surface area contributed by atoms with Gasteiger partial charge in [0.2, 0.25) is 5.95 Å². The maximum Gasteiger partial charge on any atom is 0.290 e. The molecule has 3 aromatic heterocycles. The predicted molar refractivity (Wildman–Crippen MR) is 153 cm³/mol. The number of pyridine rings is 2. The second kappa shape index (κ2) is 11.3. The molecule has 1 aromatic carbocycles. The number of thioether (sulfide) groups is 1. The quantitative estimate of drug-likeness (QED) is 0.331. The first kappa shape index (κ1) is 25.1. The first-order valence-corrected chi connectivity index (χ1v) is 13.8. The van der Waals surface area contributed by atoms with Crippen molar-refractivity contribution in [2.75, 3.05) is 24.5 Å². The summed E-state index contributed by atoms with van der Waals surface area (Å²) in [5, 5.41) is 7.77. The molecule has 0 radical (unpaired) electrons. The molecule has 2 N–H and O–H groups in total. The molecule has 5 heterocycles. The Morgan fingerprint density at radius 3 is 2.69 bits per heavy atom. The van der Waals surface area contributed by atoms with Crippen molar-refractivity contribution in [3.05, 3.63) is 83.4 Å². The van der Waals surface area contributed by atoms with Crippen LogP contribution in [0.2, 0.25) is 0 Å². The lowest BCUT2D eigenvalue weighted by atomic mass is 9.97. The molecular weight excluding hydrogens is 510 g/mol. The molecule has 0 saturated carbocycles. The predicted octanol–water partition coefficient (Wildman–Crippen LogP) is 4.42. The minimum absolute atomic E-state index is 0.352. The molecule has 2 aliphatic heterocycles. The van der Waals surface area contributed by atoms with E-state index in [9.17, 15) is 9.59 Å². The van der Waals surface area contributed by atoms with Gasteiger partial charge in [-0.3, -0.25) is 24.9 Å². The van der Waals surface area contributed by atoms with E-state index in [1.165, 1.54) is 0 Å². The number of fused-ring (bicyclic) bond motifs is 1. The molecule has 0 atom stereocenters. The summed E-state index contributed by atoms with van der Waals surface area (Å²) in [5.41, 5.74) is 3.74. The highest BCUT2D eigenvalue weighted by Gasteiger charge is 2.25. The normalized spacial score (nSPS) is 17.2. The van der Waals surface area contributed by atoms with Gasteiger partial charge in [0.25, 0.3) is 11.1 Å². The Balaban J connectivity index is 0.995. The monoisotopic (exact) mass is 537 g/mol.